The van der Waals surface area contributed by atoms with E-state index in [0.29, 0.717) is 5.92 Å². The normalized spacial score (nSPS) is 39.2. The second kappa shape index (κ2) is 4.10. The molecule has 0 aromatic heterocycles. The van der Waals surface area contributed by atoms with Crippen LogP contribution in [0.2, 0.25) is 0 Å². The molecule has 1 fully saturated rings. The monoisotopic (exact) mass is 238 g/mol. The molecular weight excluding hydrogens is 212 g/mol. The van der Waals surface area contributed by atoms with E-state index in [0.717, 1.165) is 32.1 Å². The third-order valence-electron chi connectivity index (χ3n) is 5.19. The highest BCUT2D eigenvalue weighted by Crippen LogP contribution is 2.52. The average Bonchev–Trinajstić information content (AvgIpc) is 2.22. The molecule has 2 heteroatoms. The van der Waals surface area contributed by atoms with Crippen molar-refractivity contribution in [1.82, 2.24) is 0 Å². The van der Waals surface area contributed by atoms with Crippen molar-refractivity contribution in [1.29, 1.82) is 0 Å². The molecule has 2 N–H and O–H groups in total. The lowest BCUT2D eigenvalue weighted by Crippen LogP contribution is -2.45. The molecular formula is C15H26O2. The number of hydrogen-bond acceptors (Lipinski definition) is 2. The standard InChI is InChI=1S/C15H26O2/c1-10-5-6-13(16)15(4)8-7-11(9-12(10)15)14(2,3)17/h11,13,16-17H,5-9H2,1-4H3. The quantitative estimate of drug-likeness (QED) is 0.689. The van der Waals surface area contributed by atoms with Crippen molar-refractivity contribution >= 4 is 0 Å². The summed E-state index contributed by atoms with van der Waals surface area (Å²) < 4.78 is 0. The summed E-state index contributed by atoms with van der Waals surface area (Å²) in [6, 6.07) is 0. The molecule has 0 aromatic carbocycles. The van der Waals surface area contributed by atoms with Crippen LogP contribution in [0.4, 0.5) is 0 Å². The molecule has 2 aliphatic rings. The SMILES string of the molecule is CC1=C2CC(C(C)(C)O)CCC2(C)C(O)CC1. The van der Waals surface area contributed by atoms with Crippen molar-refractivity contribution in [3.63, 3.8) is 0 Å². The molecule has 17 heavy (non-hydrogen) atoms. The average molecular weight is 238 g/mol. The Morgan fingerprint density at radius 2 is 1.94 bits per heavy atom. The fourth-order valence-electron chi connectivity index (χ4n) is 3.66. The molecule has 0 aliphatic heterocycles. The summed E-state index contributed by atoms with van der Waals surface area (Å²) >= 11 is 0. The fourth-order valence-corrected chi connectivity index (χ4v) is 3.66. The van der Waals surface area contributed by atoms with Gasteiger partial charge in [-0.1, -0.05) is 18.1 Å². The first-order valence-electron chi connectivity index (χ1n) is 6.84. The van der Waals surface area contributed by atoms with E-state index in [9.17, 15) is 10.2 Å². The molecule has 2 aliphatic carbocycles. The second-order valence-electron chi connectivity index (χ2n) is 6.82. The molecule has 0 bridgehead atoms. The molecule has 0 spiro atoms. The van der Waals surface area contributed by atoms with Crippen LogP contribution in [0.15, 0.2) is 11.1 Å². The molecule has 0 amide bonds. The van der Waals surface area contributed by atoms with Crippen LogP contribution < -0.4 is 0 Å². The Bertz CT molecular complexity index is 337. The summed E-state index contributed by atoms with van der Waals surface area (Å²) in [4.78, 5) is 0. The molecule has 0 radical (unpaired) electrons. The van der Waals surface area contributed by atoms with Crippen LogP contribution in [-0.2, 0) is 0 Å². The lowest BCUT2D eigenvalue weighted by atomic mass is 9.58. The Kier molecular flexibility index (Phi) is 3.16. The van der Waals surface area contributed by atoms with Gasteiger partial charge in [-0.15, -0.1) is 0 Å². The minimum atomic E-state index is -0.600. The summed E-state index contributed by atoms with van der Waals surface area (Å²) in [5, 5.41) is 20.5. The van der Waals surface area contributed by atoms with Crippen LogP contribution in [0, 0.1) is 11.3 Å². The molecule has 0 heterocycles. The van der Waals surface area contributed by atoms with E-state index in [1.165, 1.54) is 11.1 Å². The minimum absolute atomic E-state index is 0.0237. The Morgan fingerprint density at radius 3 is 2.53 bits per heavy atom. The smallest absolute Gasteiger partial charge is 0.0634 e. The number of hydrogen-bond donors (Lipinski definition) is 2. The van der Waals surface area contributed by atoms with Crippen LogP contribution in [0.25, 0.3) is 0 Å². The van der Waals surface area contributed by atoms with E-state index in [2.05, 4.69) is 13.8 Å². The van der Waals surface area contributed by atoms with Gasteiger partial charge in [-0.2, -0.15) is 0 Å². The predicted octanol–water partition coefficient (Wildman–Crippen LogP) is 3.03. The predicted molar refractivity (Wildman–Crippen MR) is 69.7 cm³/mol. The van der Waals surface area contributed by atoms with E-state index in [4.69, 9.17) is 0 Å². The highest BCUT2D eigenvalue weighted by atomic mass is 16.3. The molecule has 3 atom stereocenters. The van der Waals surface area contributed by atoms with Crippen molar-refractivity contribution in [2.75, 3.05) is 0 Å². The van der Waals surface area contributed by atoms with Gasteiger partial charge in [0.25, 0.3) is 0 Å². The summed E-state index contributed by atoms with van der Waals surface area (Å²) in [7, 11) is 0. The molecule has 0 aromatic rings. The maximum Gasteiger partial charge on any atom is 0.0634 e. The van der Waals surface area contributed by atoms with Crippen LogP contribution in [0.5, 0.6) is 0 Å². The Labute approximate surface area is 105 Å². The van der Waals surface area contributed by atoms with Crippen LogP contribution in [0.3, 0.4) is 0 Å². The molecule has 1 saturated carbocycles. The molecule has 2 nitrogen and oxygen atoms in total. The largest absolute Gasteiger partial charge is 0.392 e. The van der Waals surface area contributed by atoms with Crippen molar-refractivity contribution in [3.8, 4) is 0 Å². The summed E-state index contributed by atoms with van der Waals surface area (Å²) in [5.41, 5.74) is 2.25. The summed E-state index contributed by atoms with van der Waals surface area (Å²) in [6.45, 7) is 8.23. The zero-order valence-electron chi connectivity index (χ0n) is 11.6. The van der Waals surface area contributed by atoms with E-state index in [1.54, 1.807) is 0 Å². The number of rotatable bonds is 1. The van der Waals surface area contributed by atoms with Crippen LogP contribution >= 0.6 is 0 Å². The van der Waals surface area contributed by atoms with Gasteiger partial charge < -0.3 is 10.2 Å². The maximum absolute atomic E-state index is 10.3. The summed E-state index contributed by atoms with van der Waals surface area (Å²) in [5.74, 6) is 0.339. The lowest BCUT2D eigenvalue weighted by molar-refractivity contribution is -0.0308. The zero-order valence-corrected chi connectivity index (χ0v) is 11.6. The van der Waals surface area contributed by atoms with Gasteiger partial charge in [-0.25, -0.2) is 0 Å². The van der Waals surface area contributed by atoms with Gasteiger partial charge in [0.2, 0.25) is 0 Å². The van der Waals surface area contributed by atoms with Gasteiger partial charge in [0.1, 0.15) is 0 Å². The first kappa shape index (κ1) is 13.1. The van der Waals surface area contributed by atoms with Crippen molar-refractivity contribution in [2.45, 2.75) is 71.5 Å². The number of aliphatic hydroxyl groups is 2. The van der Waals surface area contributed by atoms with E-state index in [-0.39, 0.29) is 11.5 Å². The van der Waals surface area contributed by atoms with Gasteiger partial charge in [0.15, 0.2) is 0 Å². The highest BCUT2D eigenvalue weighted by molar-refractivity contribution is 5.28. The Hall–Kier alpha value is -0.340. The van der Waals surface area contributed by atoms with Gasteiger partial charge in [-0.3, -0.25) is 0 Å². The van der Waals surface area contributed by atoms with Gasteiger partial charge >= 0.3 is 0 Å². The zero-order chi connectivity index (χ0) is 12.8. The van der Waals surface area contributed by atoms with Crippen molar-refractivity contribution < 1.29 is 10.2 Å². The topological polar surface area (TPSA) is 40.5 Å². The molecule has 98 valence electrons. The van der Waals surface area contributed by atoms with Crippen LogP contribution in [-0.4, -0.2) is 21.9 Å². The Morgan fingerprint density at radius 1 is 1.29 bits per heavy atom. The Balaban J connectivity index is 2.29. The fraction of sp³-hybridized carbons (Fsp3) is 0.867. The van der Waals surface area contributed by atoms with E-state index < -0.39 is 5.60 Å². The molecule has 0 saturated heterocycles. The number of fused-ring (bicyclic) bond motifs is 1. The molecule has 3 unspecified atom stereocenters. The summed E-state index contributed by atoms with van der Waals surface area (Å²) in [6.07, 6.45) is 4.72. The number of allylic oxidation sites excluding steroid dienone is 1. The van der Waals surface area contributed by atoms with E-state index in [1.807, 2.05) is 13.8 Å². The minimum Gasteiger partial charge on any atom is -0.392 e. The van der Waals surface area contributed by atoms with Gasteiger partial charge in [0.05, 0.1) is 11.7 Å². The number of aliphatic hydroxyl groups excluding tert-OH is 1. The first-order chi connectivity index (χ1) is 7.75. The van der Waals surface area contributed by atoms with E-state index >= 15 is 0 Å². The highest BCUT2D eigenvalue weighted by Gasteiger charge is 2.46. The van der Waals surface area contributed by atoms with Crippen molar-refractivity contribution in [3.05, 3.63) is 11.1 Å². The lowest BCUT2D eigenvalue weighted by Gasteiger charge is -2.49. The van der Waals surface area contributed by atoms with Crippen LogP contribution in [0.1, 0.15) is 59.8 Å². The first-order valence-corrected chi connectivity index (χ1v) is 6.84. The van der Waals surface area contributed by atoms with Gasteiger partial charge in [-0.05, 0) is 58.8 Å². The molecule has 2 rings (SSSR count). The second-order valence-corrected chi connectivity index (χ2v) is 6.82. The third kappa shape index (κ3) is 2.17. The maximum atomic E-state index is 10.3. The van der Waals surface area contributed by atoms with Gasteiger partial charge in [0, 0.05) is 5.41 Å². The van der Waals surface area contributed by atoms with Crippen molar-refractivity contribution in [2.24, 2.45) is 11.3 Å². The third-order valence-corrected chi connectivity index (χ3v) is 5.19.